The molecule has 1 fully saturated rings. The van der Waals surface area contributed by atoms with Crippen molar-refractivity contribution in [2.45, 2.75) is 37.1 Å². The fraction of sp³-hybridized carbons (Fsp3) is 0.700. The maximum Gasteiger partial charge on any atom is 0.239 e. The first kappa shape index (κ1) is 11.0. The quantitative estimate of drug-likeness (QED) is 0.732. The molecule has 0 aliphatic carbocycles. The van der Waals surface area contributed by atoms with Gasteiger partial charge in [-0.3, -0.25) is 10.1 Å². The van der Waals surface area contributed by atoms with E-state index >= 15 is 0 Å². The highest BCUT2D eigenvalue weighted by molar-refractivity contribution is 7.99. The van der Waals surface area contributed by atoms with Crippen molar-refractivity contribution in [2.75, 3.05) is 12.3 Å². The van der Waals surface area contributed by atoms with Gasteiger partial charge in [0, 0.05) is 18.8 Å². The molecule has 7 heteroatoms. The van der Waals surface area contributed by atoms with Gasteiger partial charge in [0.05, 0.1) is 11.6 Å². The Morgan fingerprint density at radius 2 is 2.29 bits per heavy atom. The molecule has 1 amide bonds. The summed E-state index contributed by atoms with van der Waals surface area (Å²) in [7, 11) is 0. The van der Waals surface area contributed by atoms with E-state index < -0.39 is 5.54 Å². The number of hydrogen-bond donors (Lipinski definition) is 2. The lowest BCUT2D eigenvalue weighted by atomic mass is 9.99. The van der Waals surface area contributed by atoms with Crippen LogP contribution in [0.4, 0.5) is 0 Å². The fourth-order valence-electron chi connectivity index (χ4n) is 2.23. The van der Waals surface area contributed by atoms with Gasteiger partial charge in [0.25, 0.3) is 0 Å². The van der Waals surface area contributed by atoms with E-state index in [-0.39, 0.29) is 11.9 Å². The minimum atomic E-state index is -0.555. The molecule has 1 aromatic heterocycles. The van der Waals surface area contributed by atoms with Gasteiger partial charge in [-0.15, -0.1) is 10.2 Å². The average molecular weight is 253 g/mol. The van der Waals surface area contributed by atoms with Gasteiger partial charge >= 0.3 is 0 Å². The number of amides is 1. The Bertz CT molecular complexity index is 469. The Morgan fingerprint density at radius 3 is 3.06 bits per heavy atom. The number of fused-ring (bicyclic) bond motifs is 1. The fourth-order valence-corrected chi connectivity index (χ4v) is 3.12. The topological polar surface area (TPSA) is 71.8 Å². The van der Waals surface area contributed by atoms with Crippen LogP contribution in [0, 0.1) is 0 Å². The normalized spacial score (nSPS) is 26.7. The molecule has 0 spiro atoms. The monoisotopic (exact) mass is 253 g/mol. The molecule has 2 aliphatic heterocycles. The Labute approximate surface area is 104 Å². The van der Waals surface area contributed by atoms with Crippen LogP contribution in [-0.4, -0.2) is 38.5 Å². The molecule has 0 radical (unpaired) electrons. The maximum atomic E-state index is 11.6. The number of piperazine rings is 1. The molecular formula is C10H15N5OS. The number of carbonyl (C=O) groups excluding carboxylic acids is 1. The number of hydrogen-bond acceptors (Lipinski definition) is 5. The molecule has 0 aromatic carbocycles. The predicted molar refractivity (Wildman–Crippen MR) is 63.7 cm³/mol. The Hall–Kier alpha value is -1.08. The van der Waals surface area contributed by atoms with Crippen molar-refractivity contribution in [3.8, 4) is 0 Å². The first-order valence-corrected chi connectivity index (χ1v) is 6.68. The number of nitrogens with zero attached hydrogens (tertiary/aromatic N) is 3. The maximum absolute atomic E-state index is 11.6. The lowest BCUT2D eigenvalue weighted by molar-refractivity contribution is -0.128. The van der Waals surface area contributed by atoms with Crippen LogP contribution in [0.3, 0.4) is 0 Å². The van der Waals surface area contributed by atoms with Crippen molar-refractivity contribution >= 4 is 17.7 Å². The third kappa shape index (κ3) is 1.73. The van der Waals surface area contributed by atoms with Crippen LogP contribution < -0.4 is 10.6 Å². The Morgan fingerprint density at radius 1 is 1.47 bits per heavy atom. The molecule has 6 nitrogen and oxygen atoms in total. The summed E-state index contributed by atoms with van der Waals surface area (Å²) in [5, 5.41) is 15.6. The molecule has 0 saturated carbocycles. The van der Waals surface area contributed by atoms with Crippen molar-refractivity contribution in [1.82, 2.24) is 25.4 Å². The summed E-state index contributed by atoms with van der Waals surface area (Å²) in [6.45, 7) is 5.29. The molecule has 0 bridgehead atoms. The first-order chi connectivity index (χ1) is 8.08. The number of rotatable bonds is 1. The minimum Gasteiger partial charge on any atom is -0.352 e. The molecule has 92 valence electrons. The van der Waals surface area contributed by atoms with Gasteiger partial charge < -0.3 is 9.88 Å². The second-order valence-corrected chi connectivity index (χ2v) is 5.93. The molecule has 1 saturated heterocycles. The van der Waals surface area contributed by atoms with Crippen LogP contribution in [0.2, 0.25) is 0 Å². The van der Waals surface area contributed by atoms with Crippen LogP contribution in [0.5, 0.6) is 0 Å². The predicted octanol–water partition coefficient (Wildman–Crippen LogP) is -0.0771. The van der Waals surface area contributed by atoms with Crippen molar-refractivity contribution < 1.29 is 4.79 Å². The smallest absolute Gasteiger partial charge is 0.239 e. The lowest BCUT2D eigenvalue weighted by Crippen LogP contribution is -2.61. The van der Waals surface area contributed by atoms with Gasteiger partial charge in [0.15, 0.2) is 11.0 Å². The van der Waals surface area contributed by atoms with E-state index in [9.17, 15) is 4.79 Å². The van der Waals surface area contributed by atoms with Gasteiger partial charge in [0.2, 0.25) is 5.91 Å². The summed E-state index contributed by atoms with van der Waals surface area (Å²) in [4.78, 5) is 11.6. The summed E-state index contributed by atoms with van der Waals surface area (Å²) < 4.78 is 2.13. The van der Waals surface area contributed by atoms with E-state index in [1.54, 1.807) is 11.8 Å². The summed E-state index contributed by atoms with van der Waals surface area (Å²) in [5.41, 5.74) is -0.555. The van der Waals surface area contributed by atoms with Crippen molar-refractivity contribution in [3.05, 3.63) is 5.82 Å². The number of aromatic nitrogens is 3. The van der Waals surface area contributed by atoms with Gasteiger partial charge in [-0.05, 0) is 13.8 Å². The van der Waals surface area contributed by atoms with E-state index in [4.69, 9.17) is 0 Å². The van der Waals surface area contributed by atoms with E-state index in [1.165, 1.54) is 0 Å². The van der Waals surface area contributed by atoms with Gasteiger partial charge in [-0.1, -0.05) is 11.8 Å². The van der Waals surface area contributed by atoms with Gasteiger partial charge in [-0.25, -0.2) is 0 Å². The van der Waals surface area contributed by atoms with Crippen molar-refractivity contribution in [2.24, 2.45) is 0 Å². The standard InChI is InChI=1S/C10H15N5OS/c1-10(2)8(16)11-5-6(12-10)7-13-14-9-15(7)3-4-17-9/h6,12H,3-5H2,1-2H3,(H,11,16). The van der Waals surface area contributed by atoms with Crippen molar-refractivity contribution in [3.63, 3.8) is 0 Å². The summed E-state index contributed by atoms with van der Waals surface area (Å²) in [5.74, 6) is 2.02. The third-order valence-electron chi connectivity index (χ3n) is 3.17. The summed E-state index contributed by atoms with van der Waals surface area (Å²) >= 11 is 1.73. The highest BCUT2D eigenvalue weighted by Crippen LogP contribution is 2.28. The minimum absolute atomic E-state index is 0.0317. The van der Waals surface area contributed by atoms with E-state index in [0.717, 1.165) is 23.3 Å². The zero-order valence-corrected chi connectivity index (χ0v) is 10.7. The van der Waals surface area contributed by atoms with E-state index in [1.807, 2.05) is 13.8 Å². The molecule has 1 unspecified atom stereocenters. The highest BCUT2D eigenvalue weighted by atomic mass is 32.2. The molecule has 2 aliphatic rings. The van der Waals surface area contributed by atoms with Crippen LogP contribution in [0.15, 0.2) is 5.16 Å². The van der Waals surface area contributed by atoms with Crippen LogP contribution in [0.25, 0.3) is 0 Å². The van der Waals surface area contributed by atoms with E-state index in [2.05, 4.69) is 25.4 Å². The van der Waals surface area contributed by atoms with Crippen LogP contribution >= 0.6 is 11.8 Å². The largest absolute Gasteiger partial charge is 0.352 e. The first-order valence-electron chi connectivity index (χ1n) is 5.70. The second kappa shape index (κ2) is 3.71. The number of carbonyl (C=O) groups is 1. The highest BCUT2D eigenvalue weighted by Gasteiger charge is 2.37. The lowest BCUT2D eigenvalue weighted by Gasteiger charge is -2.35. The van der Waals surface area contributed by atoms with Gasteiger partial charge in [0.1, 0.15) is 0 Å². The molecule has 3 heterocycles. The molecular weight excluding hydrogens is 238 g/mol. The number of thioether (sulfide) groups is 1. The molecule has 1 atom stereocenters. The van der Waals surface area contributed by atoms with Crippen molar-refractivity contribution in [1.29, 1.82) is 0 Å². The molecule has 3 rings (SSSR count). The second-order valence-electron chi connectivity index (χ2n) is 4.87. The zero-order chi connectivity index (χ0) is 12.0. The number of nitrogens with one attached hydrogen (secondary N) is 2. The molecule has 1 aromatic rings. The van der Waals surface area contributed by atoms with Crippen LogP contribution in [0.1, 0.15) is 25.7 Å². The Balaban J connectivity index is 1.88. The SMILES string of the molecule is CC1(C)NC(c2nnc3n2CCS3)CNC1=O. The van der Waals surface area contributed by atoms with Gasteiger partial charge in [-0.2, -0.15) is 0 Å². The third-order valence-corrected chi connectivity index (χ3v) is 4.12. The van der Waals surface area contributed by atoms with E-state index in [0.29, 0.717) is 6.54 Å². The molecule has 2 N–H and O–H groups in total. The Kier molecular flexibility index (Phi) is 2.41. The summed E-state index contributed by atoms with van der Waals surface area (Å²) in [6, 6.07) is 0.0441. The summed E-state index contributed by atoms with van der Waals surface area (Å²) in [6.07, 6.45) is 0. The molecule has 17 heavy (non-hydrogen) atoms. The average Bonchev–Trinajstić information content (AvgIpc) is 2.83. The van der Waals surface area contributed by atoms with Crippen LogP contribution in [-0.2, 0) is 11.3 Å². The zero-order valence-electron chi connectivity index (χ0n) is 9.86.